The molecule has 1 aliphatic rings. The van der Waals surface area contributed by atoms with Crippen molar-refractivity contribution in [2.45, 2.75) is 223 Å². The molecule has 76 heavy (non-hydrogen) atoms. The third-order valence-corrected chi connectivity index (χ3v) is 13.2. The van der Waals surface area contributed by atoms with E-state index >= 15 is 0 Å². The van der Waals surface area contributed by atoms with Crippen molar-refractivity contribution in [3.8, 4) is 0 Å². The molecule has 7 atom stereocenters. The average molecular weight is 1080 g/mol. The second-order valence-corrected chi connectivity index (χ2v) is 20.5. The number of aliphatic imine (C=N–C) groups is 1. The number of carbonyl (C=O) groups is 8. The summed E-state index contributed by atoms with van der Waals surface area (Å²) in [6.45, 7) is 5.56. The van der Waals surface area contributed by atoms with Crippen molar-refractivity contribution in [2.24, 2.45) is 45.3 Å². The van der Waals surface area contributed by atoms with Crippen LogP contribution in [0.3, 0.4) is 0 Å². The Labute approximate surface area is 452 Å². The van der Waals surface area contributed by atoms with Crippen LogP contribution in [0.2, 0.25) is 0 Å². The topological polar surface area (TPSA) is 422 Å². The summed E-state index contributed by atoms with van der Waals surface area (Å²) in [5, 5.41) is 32.5. The number of aliphatic hydroxyl groups excluding tert-OH is 1. The van der Waals surface area contributed by atoms with Crippen LogP contribution < -0.4 is 76.9 Å². The highest BCUT2D eigenvalue weighted by atomic mass is 16.3. The predicted molar refractivity (Wildman–Crippen MR) is 295 cm³/mol. The number of unbranched alkanes of at least 4 members (excludes halogenated alkanes) is 9. The first-order valence-corrected chi connectivity index (χ1v) is 28.3. The molecule has 438 valence electrons. The molecule has 21 N–H and O–H groups in total. The first-order valence-electron chi connectivity index (χ1n) is 28.3. The maximum Gasteiger partial charge on any atom is 0.243 e. The van der Waals surface area contributed by atoms with E-state index < -0.39 is 96.2 Å². The van der Waals surface area contributed by atoms with E-state index in [0.717, 1.165) is 25.7 Å². The number of nitrogens with one attached hydrogen (secondary N) is 8. The Morgan fingerprint density at radius 2 is 1.04 bits per heavy atom. The van der Waals surface area contributed by atoms with Crippen LogP contribution in [-0.4, -0.2) is 146 Å². The quantitative estimate of drug-likeness (QED) is 0.0212. The van der Waals surface area contributed by atoms with E-state index in [0.29, 0.717) is 96.3 Å². The fourth-order valence-corrected chi connectivity index (χ4v) is 8.71. The third kappa shape index (κ3) is 33.1. The zero-order chi connectivity index (χ0) is 56.5. The summed E-state index contributed by atoms with van der Waals surface area (Å²) in [6.07, 6.45) is 12.7. The molecule has 1 aliphatic heterocycles. The lowest BCUT2D eigenvalue weighted by Gasteiger charge is -2.28. The molecule has 1 heterocycles. The lowest BCUT2D eigenvalue weighted by molar-refractivity contribution is -0.135. The van der Waals surface area contributed by atoms with Crippen LogP contribution in [0.25, 0.3) is 0 Å². The van der Waals surface area contributed by atoms with Crippen molar-refractivity contribution < 1.29 is 43.5 Å². The van der Waals surface area contributed by atoms with Crippen LogP contribution >= 0.6 is 0 Å². The second-order valence-electron chi connectivity index (χ2n) is 20.5. The highest BCUT2D eigenvalue weighted by Gasteiger charge is 2.33. The standard InChI is InChI=1S/C52H101N15O9/c1-36(2)20-7-5-3-4-6-8-21-37(68)34-44(69)61-35-45(70)62-39(27-19-33-60-52(57)58)47(72)64-43-26-13-18-32-59-46(71)38(22-9-14-28-53)63-48(73)40(23-10-15-29-54)65-49(74)41(24-11-16-30-55)66-50(75)42(67-51(43)76)25-12-17-31-56/h36-43,68H,3-35,53-56H2,1-2H3,(H,59,71)(H,61,69)(H,62,70)(H,63,73)(H,64,72)(H,65,74)(H,66,75)(H,67,76)(H4,57,58,60)/t37-,38-,39-,40-,41+,42-,43-/m1/s1. The summed E-state index contributed by atoms with van der Waals surface area (Å²) in [7, 11) is 0. The highest BCUT2D eigenvalue weighted by Crippen LogP contribution is 2.15. The van der Waals surface area contributed by atoms with Crippen LogP contribution in [0.15, 0.2) is 4.99 Å². The van der Waals surface area contributed by atoms with E-state index in [1.54, 1.807) is 0 Å². The zero-order valence-electron chi connectivity index (χ0n) is 46.1. The Balaban J connectivity index is 3.46. The van der Waals surface area contributed by atoms with Crippen LogP contribution in [-0.2, 0) is 38.4 Å². The highest BCUT2D eigenvalue weighted by molar-refractivity contribution is 5.97. The zero-order valence-corrected chi connectivity index (χ0v) is 46.1. The van der Waals surface area contributed by atoms with E-state index in [1.165, 1.54) is 19.3 Å². The van der Waals surface area contributed by atoms with Gasteiger partial charge in [0.1, 0.15) is 36.3 Å². The van der Waals surface area contributed by atoms with Gasteiger partial charge in [0, 0.05) is 13.1 Å². The summed E-state index contributed by atoms with van der Waals surface area (Å²) < 4.78 is 0. The predicted octanol–water partition coefficient (Wildman–Crippen LogP) is -0.591. The molecule has 1 fully saturated rings. The summed E-state index contributed by atoms with van der Waals surface area (Å²) in [5.41, 5.74) is 34.1. The molecule has 8 amide bonds. The first-order chi connectivity index (χ1) is 36.4. The van der Waals surface area contributed by atoms with Gasteiger partial charge < -0.3 is 82.0 Å². The SMILES string of the molecule is CC(C)CCCCCCCC[C@@H](O)CC(=O)NCC(=O)N[C@H](CCCN=C(N)N)C(=O)N[C@@H]1CCCCNC(=O)[C@@H](CCCCN)NC(=O)[C@@H](CCCCN)NC(=O)[C@H](CCCCN)NC(=O)[C@@H](CCCCN)NC1=O. The van der Waals surface area contributed by atoms with Crippen molar-refractivity contribution in [3.05, 3.63) is 0 Å². The number of carbonyl (C=O) groups excluding carboxylic acids is 8. The van der Waals surface area contributed by atoms with Crippen molar-refractivity contribution in [1.29, 1.82) is 0 Å². The molecular formula is C52H101N15O9. The van der Waals surface area contributed by atoms with E-state index in [4.69, 9.17) is 34.4 Å². The average Bonchev–Trinajstić information content (AvgIpc) is 3.37. The molecule has 0 aliphatic carbocycles. The first kappa shape index (κ1) is 68.8. The molecule has 0 aromatic carbocycles. The molecular weight excluding hydrogens is 979 g/mol. The minimum absolute atomic E-state index is 0.0215. The third-order valence-electron chi connectivity index (χ3n) is 13.2. The van der Waals surface area contributed by atoms with Gasteiger partial charge in [0.15, 0.2) is 5.96 Å². The van der Waals surface area contributed by atoms with E-state index in [9.17, 15) is 43.5 Å². The molecule has 0 aromatic rings. The Kier molecular flexibility index (Phi) is 38.8. The van der Waals surface area contributed by atoms with Crippen LogP contribution in [0.1, 0.15) is 181 Å². The normalized spacial score (nSPS) is 20.1. The Hall–Kier alpha value is -5.17. The maximum absolute atomic E-state index is 14.4. The van der Waals surface area contributed by atoms with Gasteiger partial charge in [-0.05, 0) is 148 Å². The number of nitrogens with zero attached hydrogens (tertiary/aromatic N) is 1. The number of aliphatic hydroxyl groups is 1. The summed E-state index contributed by atoms with van der Waals surface area (Å²) in [5.74, 6) is -4.54. The second kappa shape index (κ2) is 42.9. The molecule has 0 radical (unpaired) electrons. The summed E-state index contributed by atoms with van der Waals surface area (Å²) >= 11 is 0. The Morgan fingerprint density at radius 1 is 0.579 bits per heavy atom. The van der Waals surface area contributed by atoms with Crippen molar-refractivity contribution in [1.82, 2.24) is 42.5 Å². The van der Waals surface area contributed by atoms with Gasteiger partial charge in [-0.1, -0.05) is 58.8 Å². The minimum atomic E-state index is -1.26. The van der Waals surface area contributed by atoms with E-state index in [1.807, 2.05) is 0 Å². The van der Waals surface area contributed by atoms with Crippen LogP contribution in [0.4, 0.5) is 0 Å². The van der Waals surface area contributed by atoms with E-state index in [-0.39, 0.29) is 76.8 Å². The van der Waals surface area contributed by atoms with Crippen molar-refractivity contribution in [2.75, 3.05) is 45.8 Å². The number of hydrogen-bond donors (Lipinski definition) is 15. The number of amides is 8. The number of hydrogen-bond acceptors (Lipinski definition) is 14. The van der Waals surface area contributed by atoms with Gasteiger partial charge in [-0.2, -0.15) is 0 Å². The number of nitrogens with two attached hydrogens (primary N) is 6. The smallest absolute Gasteiger partial charge is 0.243 e. The molecule has 0 unspecified atom stereocenters. The van der Waals surface area contributed by atoms with Crippen LogP contribution in [0.5, 0.6) is 0 Å². The molecule has 24 heteroatoms. The Morgan fingerprint density at radius 3 is 1.51 bits per heavy atom. The van der Waals surface area contributed by atoms with Gasteiger partial charge in [-0.15, -0.1) is 0 Å². The minimum Gasteiger partial charge on any atom is -0.393 e. The maximum atomic E-state index is 14.4. The largest absolute Gasteiger partial charge is 0.393 e. The molecule has 0 spiro atoms. The molecule has 0 aromatic heterocycles. The molecule has 0 saturated carbocycles. The van der Waals surface area contributed by atoms with Gasteiger partial charge in [-0.25, -0.2) is 0 Å². The molecule has 1 rings (SSSR count). The van der Waals surface area contributed by atoms with Crippen molar-refractivity contribution in [3.63, 3.8) is 0 Å². The summed E-state index contributed by atoms with van der Waals surface area (Å²) in [6, 6.07) is -6.87. The van der Waals surface area contributed by atoms with E-state index in [2.05, 4.69) is 61.4 Å². The van der Waals surface area contributed by atoms with Gasteiger partial charge in [0.05, 0.1) is 19.1 Å². The Bertz CT molecular complexity index is 1720. The summed E-state index contributed by atoms with van der Waals surface area (Å²) in [4.78, 5) is 115. The lowest BCUT2D eigenvalue weighted by atomic mass is 10.0. The fraction of sp³-hybridized carbons (Fsp3) is 0.827. The molecule has 24 nitrogen and oxygen atoms in total. The van der Waals surface area contributed by atoms with Gasteiger partial charge >= 0.3 is 0 Å². The van der Waals surface area contributed by atoms with Crippen LogP contribution in [0, 0.1) is 5.92 Å². The van der Waals surface area contributed by atoms with Gasteiger partial charge in [-0.3, -0.25) is 43.3 Å². The monoisotopic (exact) mass is 1080 g/mol. The lowest BCUT2D eigenvalue weighted by Crippen LogP contribution is -2.59. The number of rotatable bonds is 36. The van der Waals surface area contributed by atoms with Gasteiger partial charge in [0.2, 0.25) is 47.3 Å². The molecule has 1 saturated heterocycles. The fourth-order valence-electron chi connectivity index (χ4n) is 8.71. The number of guanidine groups is 1. The van der Waals surface area contributed by atoms with Gasteiger partial charge in [0.25, 0.3) is 0 Å². The van der Waals surface area contributed by atoms with Crippen molar-refractivity contribution >= 4 is 53.2 Å². The molecule has 0 bridgehead atoms.